The lowest BCUT2D eigenvalue weighted by Crippen LogP contribution is -2.27. The molecule has 140 valence electrons. The first-order valence-corrected chi connectivity index (χ1v) is 9.42. The van der Waals surface area contributed by atoms with Crippen molar-refractivity contribution < 1.29 is 4.79 Å². The van der Waals surface area contributed by atoms with E-state index >= 15 is 0 Å². The number of nitrogens with one attached hydrogen (secondary N) is 1. The number of pyridine rings is 1. The molecule has 28 heavy (non-hydrogen) atoms. The van der Waals surface area contributed by atoms with Gasteiger partial charge in [0.1, 0.15) is 11.8 Å². The first-order chi connectivity index (χ1) is 13.6. The minimum atomic E-state index is -0.141. The van der Waals surface area contributed by atoms with E-state index < -0.39 is 0 Å². The van der Waals surface area contributed by atoms with Crippen LogP contribution in [0.2, 0.25) is 5.02 Å². The number of carbonyl (C=O) groups is 1. The summed E-state index contributed by atoms with van der Waals surface area (Å²) in [5.74, 6) is 0.0804. The third-order valence-corrected chi connectivity index (χ3v) is 5.03. The van der Waals surface area contributed by atoms with Crippen LogP contribution in [0.5, 0.6) is 0 Å². The Bertz CT molecular complexity index is 1120. The number of benzene rings is 2. The second-order valence-electron chi connectivity index (χ2n) is 6.65. The number of imidazole rings is 1. The molecule has 4 rings (SSSR count). The fraction of sp³-hybridized carbons (Fsp3) is 0.136. The zero-order valence-electron chi connectivity index (χ0n) is 15.3. The number of rotatable bonds is 5. The fourth-order valence-corrected chi connectivity index (χ4v) is 3.32. The van der Waals surface area contributed by atoms with Crippen LogP contribution in [0.1, 0.15) is 28.8 Å². The lowest BCUT2D eigenvalue weighted by atomic mass is 10.0. The van der Waals surface area contributed by atoms with Crippen LogP contribution in [0.4, 0.5) is 0 Å². The molecule has 2 aromatic heterocycles. The Balaban J connectivity index is 1.56. The Labute approximate surface area is 168 Å². The summed E-state index contributed by atoms with van der Waals surface area (Å²) < 4.78 is 1.79. The van der Waals surface area contributed by atoms with Gasteiger partial charge in [0, 0.05) is 18.3 Å². The van der Waals surface area contributed by atoms with E-state index in [0.29, 0.717) is 28.5 Å². The highest BCUT2D eigenvalue weighted by molar-refractivity contribution is 6.32. The summed E-state index contributed by atoms with van der Waals surface area (Å²) in [7, 11) is 0. The number of carbonyl (C=O) groups excluding carboxylic acids is 1. The van der Waals surface area contributed by atoms with Crippen LogP contribution in [0, 0.1) is 0 Å². The molecule has 0 unspecified atom stereocenters. The van der Waals surface area contributed by atoms with E-state index in [-0.39, 0.29) is 11.8 Å². The quantitative estimate of drug-likeness (QED) is 0.541. The van der Waals surface area contributed by atoms with E-state index in [0.717, 1.165) is 5.52 Å². The van der Waals surface area contributed by atoms with Gasteiger partial charge in [-0.05, 0) is 41.8 Å². The van der Waals surface area contributed by atoms with Gasteiger partial charge >= 0.3 is 0 Å². The van der Waals surface area contributed by atoms with Crippen LogP contribution in [0.15, 0.2) is 73.2 Å². The molecule has 0 radical (unpaired) electrons. The molecule has 0 aliphatic rings. The average Bonchev–Trinajstić information content (AvgIpc) is 3.16. The number of nitrogens with zero attached hydrogens (tertiary/aromatic N) is 3. The highest BCUT2D eigenvalue weighted by atomic mass is 35.5. The van der Waals surface area contributed by atoms with Crippen molar-refractivity contribution in [1.29, 1.82) is 0 Å². The van der Waals surface area contributed by atoms with Crippen molar-refractivity contribution >= 4 is 28.7 Å². The van der Waals surface area contributed by atoms with Crippen LogP contribution in [0.25, 0.3) is 16.9 Å². The average molecular weight is 391 g/mol. The molecule has 0 saturated heterocycles. The van der Waals surface area contributed by atoms with Gasteiger partial charge in [0.15, 0.2) is 5.65 Å². The lowest BCUT2D eigenvalue weighted by molar-refractivity contribution is 0.0951. The molecule has 5 nitrogen and oxygen atoms in total. The first-order valence-electron chi connectivity index (χ1n) is 9.04. The summed E-state index contributed by atoms with van der Waals surface area (Å²) >= 11 is 6.39. The first kappa shape index (κ1) is 18.2. The van der Waals surface area contributed by atoms with Gasteiger partial charge in [0.25, 0.3) is 5.91 Å². The highest BCUT2D eigenvalue weighted by Gasteiger charge is 2.14. The topological polar surface area (TPSA) is 59.8 Å². The van der Waals surface area contributed by atoms with Crippen molar-refractivity contribution in [3.63, 3.8) is 0 Å². The molecule has 0 aliphatic heterocycles. The van der Waals surface area contributed by atoms with Gasteiger partial charge in [-0.25, -0.2) is 9.97 Å². The minimum absolute atomic E-state index is 0.141. The van der Waals surface area contributed by atoms with Crippen molar-refractivity contribution in [2.24, 2.45) is 0 Å². The standard InChI is InChI=1S/C22H19ClN4O/c1-15(16-6-3-2-4-7-16)13-25-22(28)17-9-10-18(23)20(12-17)27-14-26-19-8-5-11-24-21(19)27/h2-12,14-15H,13H2,1H3,(H,25,28)/t15-/m0/s1. The Morgan fingerprint density at radius 3 is 2.75 bits per heavy atom. The van der Waals surface area contributed by atoms with Crippen molar-refractivity contribution in [3.8, 4) is 5.69 Å². The van der Waals surface area contributed by atoms with E-state index in [1.807, 2.05) is 30.3 Å². The number of amides is 1. The van der Waals surface area contributed by atoms with Gasteiger partial charge < -0.3 is 5.32 Å². The van der Waals surface area contributed by atoms with Crippen LogP contribution < -0.4 is 5.32 Å². The summed E-state index contributed by atoms with van der Waals surface area (Å²) in [4.78, 5) is 21.4. The Hall–Kier alpha value is -3.18. The fourth-order valence-electron chi connectivity index (χ4n) is 3.11. The molecule has 4 aromatic rings. The zero-order valence-corrected chi connectivity index (χ0v) is 16.1. The van der Waals surface area contributed by atoms with Crippen LogP contribution in [-0.4, -0.2) is 27.0 Å². The van der Waals surface area contributed by atoms with Crippen LogP contribution in [-0.2, 0) is 0 Å². The third-order valence-electron chi connectivity index (χ3n) is 4.71. The Morgan fingerprint density at radius 2 is 1.93 bits per heavy atom. The lowest BCUT2D eigenvalue weighted by Gasteiger charge is -2.14. The monoisotopic (exact) mass is 390 g/mol. The molecule has 1 amide bonds. The van der Waals surface area contributed by atoms with Gasteiger partial charge in [-0.15, -0.1) is 0 Å². The van der Waals surface area contributed by atoms with Gasteiger partial charge in [-0.1, -0.05) is 48.9 Å². The third kappa shape index (κ3) is 3.62. The molecule has 1 atom stereocenters. The van der Waals surface area contributed by atoms with Crippen molar-refractivity contribution in [2.45, 2.75) is 12.8 Å². The van der Waals surface area contributed by atoms with E-state index in [1.165, 1.54) is 5.56 Å². The predicted octanol–water partition coefficient (Wildman–Crippen LogP) is 4.61. The van der Waals surface area contributed by atoms with Gasteiger partial charge in [-0.3, -0.25) is 9.36 Å². The minimum Gasteiger partial charge on any atom is -0.351 e. The highest BCUT2D eigenvalue weighted by Crippen LogP contribution is 2.25. The van der Waals surface area contributed by atoms with E-state index in [9.17, 15) is 4.79 Å². The molecule has 6 heteroatoms. The maximum absolute atomic E-state index is 12.7. The normalized spacial score (nSPS) is 12.1. The maximum atomic E-state index is 12.7. The van der Waals surface area contributed by atoms with Crippen LogP contribution >= 0.6 is 11.6 Å². The molecule has 0 bridgehead atoms. The number of fused-ring (bicyclic) bond motifs is 1. The molecule has 0 aliphatic carbocycles. The summed E-state index contributed by atoms with van der Waals surface area (Å²) in [6.45, 7) is 2.64. The van der Waals surface area contributed by atoms with Crippen molar-refractivity contribution in [1.82, 2.24) is 19.9 Å². The molecular weight excluding hydrogens is 372 g/mol. The number of aromatic nitrogens is 3. The molecular formula is C22H19ClN4O. The predicted molar refractivity (Wildman–Crippen MR) is 111 cm³/mol. The smallest absolute Gasteiger partial charge is 0.251 e. The molecule has 2 heterocycles. The Kier molecular flexibility index (Phi) is 5.08. The van der Waals surface area contributed by atoms with E-state index in [2.05, 4.69) is 34.3 Å². The van der Waals surface area contributed by atoms with E-state index in [4.69, 9.17) is 11.6 Å². The number of hydrogen-bond donors (Lipinski definition) is 1. The van der Waals surface area contributed by atoms with Crippen molar-refractivity contribution in [3.05, 3.63) is 89.3 Å². The summed E-state index contributed by atoms with van der Waals surface area (Å²) in [6, 6.07) is 19.0. The number of hydrogen-bond acceptors (Lipinski definition) is 3. The molecule has 2 aromatic carbocycles. The maximum Gasteiger partial charge on any atom is 0.251 e. The summed E-state index contributed by atoms with van der Waals surface area (Å²) in [5.41, 5.74) is 3.87. The Morgan fingerprint density at radius 1 is 1.11 bits per heavy atom. The van der Waals surface area contributed by atoms with Gasteiger partial charge in [-0.2, -0.15) is 0 Å². The second kappa shape index (κ2) is 7.82. The summed E-state index contributed by atoms with van der Waals surface area (Å²) in [5, 5.41) is 3.53. The number of halogens is 1. The molecule has 0 saturated carbocycles. The van der Waals surface area contributed by atoms with Gasteiger partial charge in [0.05, 0.1) is 10.7 Å². The van der Waals surface area contributed by atoms with Crippen LogP contribution in [0.3, 0.4) is 0 Å². The van der Waals surface area contributed by atoms with Crippen molar-refractivity contribution in [2.75, 3.05) is 6.54 Å². The SMILES string of the molecule is C[C@@H](CNC(=O)c1ccc(Cl)c(-n2cnc3cccnc32)c1)c1ccccc1. The molecule has 0 spiro atoms. The van der Waals surface area contributed by atoms with E-state index in [1.54, 1.807) is 35.3 Å². The summed E-state index contributed by atoms with van der Waals surface area (Å²) in [6.07, 6.45) is 3.37. The largest absolute Gasteiger partial charge is 0.351 e. The second-order valence-corrected chi connectivity index (χ2v) is 7.06. The van der Waals surface area contributed by atoms with Gasteiger partial charge in [0.2, 0.25) is 0 Å². The zero-order chi connectivity index (χ0) is 19.5. The molecule has 1 N–H and O–H groups in total. The molecule has 0 fully saturated rings.